The molecule has 0 saturated heterocycles. The fourth-order valence-electron chi connectivity index (χ4n) is 1.76. The maximum atomic E-state index is 2.22. The maximum Gasteiger partial charge on any atom is -0.0307 e. The van der Waals surface area contributed by atoms with Gasteiger partial charge in [0.1, 0.15) is 0 Å². The van der Waals surface area contributed by atoms with Crippen molar-refractivity contribution in [1.29, 1.82) is 0 Å². The van der Waals surface area contributed by atoms with E-state index in [2.05, 4.69) is 76.2 Å². The second-order valence-corrected chi connectivity index (χ2v) is 4.68. The van der Waals surface area contributed by atoms with Gasteiger partial charge in [-0.15, -0.1) is 0 Å². The summed E-state index contributed by atoms with van der Waals surface area (Å²) in [7, 11) is 0. The molecule has 24 heavy (non-hydrogen) atoms. The SMILES string of the molecule is C.C.CC.CC.CCc1ccc(C)cc1.CCc1cccc(C)c1. The number of aryl methyl sites for hydroxylation is 4. The summed E-state index contributed by atoms with van der Waals surface area (Å²) in [5.41, 5.74) is 5.54. The molecular weight excluding hydrogens is 288 g/mol. The predicted octanol–water partition coefficient (Wildman–Crippen LogP) is 8.44. The normalized spacial score (nSPS) is 7.67. The average Bonchev–Trinajstić information content (AvgIpc) is 2.60. The summed E-state index contributed by atoms with van der Waals surface area (Å²) in [4.78, 5) is 0. The van der Waals surface area contributed by atoms with Crippen LogP contribution < -0.4 is 0 Å². The summed E-state index contributed by atoms with van der Waals surface area (Å²) in [5, 5.41) is 0. The Morgan fingerprint density at radius 2 is 1.04 bits per heavy atom. The summed E-state index contributed by atoms with van der Waals surface area (Å²) in [6.45, 7) is 16.6. The first kappa shape index (κ1) is 30.3. The largest absolute Gasteiger partial charge is 0.0776 e. The van der Waals surface area contributed by atoms with E-state index in [1.54, 1.807) is 0 Å². The van der Waals surface area contributed by atoms with E-state index >= 15 is 0 Å². The fourth-order valence-corrected chi connectivity index (χ4v) is 1.76. The van der Waals surface area contributed by atoms with Crippen molar-refractivity contribution in [3.8, 4) is 0 Å². The van der Waals surface area contributed by atoms with Crippen molar-refractivity contribution in [2.75, 3.05) is 0 Å². The predicted molar refractivity (Wildman–Crippen MR) is 117 cm³/mol. The van der Waals surface area contributed by atoms with Crippen LogP contribution in [0.1, 0.15) is 78.6 Å². The van der Waals surface area contributed by atoms with E-state index in [4.69, 9.17) is 0 Å². The molecule has 2 aromatic carbocycles. The topological polar surface area (TPSA) is 0 Å². The van der Waals surface area contributed by atoms with Crippen LogP contribution in [0.25, 0.3) is 0 Å². The third-order valence-corrected chi connectivity index (χ3v) is 3.02. The lowest BCUT2D eigenvalue weighted by molar-refractivity contribution is 1.13. The molecule has 0 nitrogen and oxygen atoms in total. The Morgan fingerprint density at radius 3 is 1.38 bits per heavy atom. The van der Waals surface area contributed by atoms with Crippen LogP contribution in [-0.2, 0) is 12.8 Å². The Morgan fingerprint density at radius 1 is 0.583 bits per heavy atom. The molecule has 0 aromatic heterocycles. The molecule has 2 rings (SSSR count). The lowest BCUT2D eigenvalue weighted by Crippen LogP contribution is -1.78. The van der Waals surface area contributed by atoms with Crippen molar-refractivity contribution >= 4 is 0 Å². The van der Waals surface area contributed by atoms with Crippen molar-refractivity contribution in [3.63, 3.8) is 0 Å². The average molecular weight is 333 g/mol. The highest BCUT2D eigenvalue weighted by Crippen LogP contribution is 2.03. The van der Waals surface area contributed by atoms with Gasteiger partial charge in [0.25, 0.3) is 0 Å². The Kier molecular flexibility index (Phi) is 27.1. The number of benzene rings is 2. The quantitative estimate of drug-likeness (QED) is 0.517. The lowest BCUT2D eigenvalue weighted by atomic mass is 10.1. The van der Waals surface area contributed by atoms with E-state index in [1.165, 1.54) is 22.3 Å². The van der Waals surface area contributed by atoms with Gasteiger partial charge in [0.05, 0.1) is 0 Å². The molecule has 0 aliphatic carbocycles. The zero-order valence-electron chi connectivity index (χ0n) is 16.0. The van der Waals surface area contributed by atoms with Gasteiger partial charge in [-0.3, -0.25) is 0 Å². The highest BCUT2D eigenvalue weighted by atomic mass is 13.9. The van der Waals surface area contributed by atoms with Gasteiger partial charge >= 0.3 is 0 Å². The number of rotatable bonds is 2. The second-order valence-electron chi connectivity index (χ2n) is 4.68. The molecule has 0 amide bonds. The molecule has 0 heteroatoms. The van der Waals surface area contributed by atoms with Crippen molar-refractivity contribution < 1.29 is 0 Å². The van der Waals surface area contributed by atoms with Gasteiger partial charge in [-0.05, 0) is 37.8 Å². The third kappa shape index (κ3) is 15.3. The summed E-state index contributed by atoms with van der Waals surface area (Å²) in [6, 6.07) is 17.3. The van der Waals surface area contributed by atoms with Crippen molar-refractivity contribution in [3.05, 3.63) is 70.8 Å². The van der Waals surface area contributed by atoms with Crippen molar-refractivity contribution in [2.45, 2.75) is 83.1 Å². The molecule has 0 aliphatic rings. The van der Waals surface area contributed by atoms with Gasteiger partial charge in [-0.1, -0.05) is 116 Å². The molecule has 0 bridgehead atoms. The van der Waals surface area contributed by atoms with Crippen molar-refractivity contribution in [1.82, 2.24) is 0 Å². The van der Waals surface area contributed by atoms with Crippen LogP contribution in [-0.4, -0.2) is 0 Å². The highest BCUT2D eigenvalue weighted by molar-refractivity contribution is 5.22. The van der Waals surface area contributed by atoms with E-state index in [0.717, 1.165) is 12.8 Å². The van der Waals surface area contributed by atoms with Gasteiger partial charge in [0.15, 0.2) is 0 Å². The van der Waals surface area contributed by atoms with Gasteiger partial charge in [-0.25, -0.2) is 0 Å². The van der Waals surface area contributed by atoms with E-state index in [-0.39, 0.29) is 14.9 Å². The van der Waals surface area contributed by atoms with Gasteiger partial charge in [0.2, 0.25) is 0 Å². The molecule has 0 N–H and O–H groups in total. The van der Waals surface area contributed by atoms with Gasteiger partial charge < -0.3 is 0 Å². The van der Waals surface area contributed by atoms with E-state index in [9.17, 15) is 0 Å². The van der Waals surface area contributed by atoms with Crippen LogP contribution >= 0.6 is 0 Å². The van der Waals surface area contributed by atoms with Crippen LogP contribution in [0.4, 0.5) is 0 Å². The molecule has 0 aliphatic heterocycles. The summed E-state index contributed by atoms with van der Waals surface area (Å²) >= 11 is 0. The van der Waals surface area contributed by atoms with E-state index < -0.39 is 0 Å². The first-order chi connectivity index (χ1) is 10.7. The maximum absolute atomic E-state index is 2.22. The van der Waals surface area contributed by atoms with Crippen molar-refractivity contribution in [2.24, 2.45) is 0 Å². The Bertz CT molecular complexity index is 452. The molecule has 0 unspecified atom stereocenters. The molecule has 0 fully saturated rings. The summed E-state index contributed by atoms with van der Waals surface area (Å²) < 4.78 is 0. The smallest absolute Gasteiger partial charge is 0.0307 e. The third-order valence-electron chi connectivity index (χ3n) is 3.02. The van der Waals surface area contributed by atoms with Gasteiger partial charge in [-0.2, -0.15) is 0 Å². The molecule has 0 spiro atoms. The Hall–Kier alpha value is -1.56. The van der Waals surface area contributed by atoms with Crippen LogP contribution in [0.15, 0.2) is 48.5 Å². The Labute approximate surface area is 154 Å². The highest BCUT2D eigenvalue weighted by Gasteiger charge is 1.86. The zero-order valence-corrected chi connectivity index (χ0v) is 16.0. The molecule has 0 atom stereocenters. The molecule has 0 heterocycles. The molecule has 2 aromatic rings. The van der Waals surface area contributed by atoms with Crippen LogP contribution in [0.5, 0.6) is 0 Å². The second kappa shape index (κ2) is 21.4. The Balaban J connectivity index is -0.000000129. The zero-order chi connectivity index (χ0) is 17.4. The molecule has 140 valence electrons. The number of hydrogen-bond acceptors (Lipinski definition) is 0. The van der Waals surface area contributed by atoms with Crippen LogP contribution in [0.3, 0.4) is 0 Å². The molecule has 0 radical (unpaired) electrons. The minimum atomic E-state index is 0. The van der Waals surface area contributed by atoms with E-state index in [1.807, 2.05) is 27.7 Å². The van der Waals surface area contributed by atoms with Crippen LogP contribution in [0, 0.1) is 13.8 Å². The lowest BCUT2D eigenvalue weighted by Gasteiger charge is -1.95. The molecule has 0 saturated carbocycles. The van der Waals surface area contributed by atoms with Gasteiger partial charge in [0, 0.05) is 0 Å². The monoisotopic (exact) mass is 332 g/mol. The summed E-state index contributed by atoms with van der Waals surface area (Å²) in [6.07, 6.45) is 2.28. The minimum Gasteiger partial charge on any atom is -0.0776 e. The first-order valence-electron chi connectivity index (χ1n) is 8.76. The minimum absolute atomic E-state index is 0. The standard InChI is InChI=1S/2C9H12.2C2H6.2CH4/c1-3-9-6-4-8(2)5-7-9;1-3-9-6-4-5-8(2)7-9;2*1-2;;/h2*4-7H,3H2,1-2H3;2*1-2H3;2*1H4. The number of hydrogen-bond donors (Lipinski definition) is 0. The first-order valence-corrected chi connectivity index (χ1v) is 8.76. The van der Waals surface area contributed by atoms with Crippen LogP contribution in [0.2, 0.25) is 0 Å². The molecular formula is C24H44. The fraction of sp³-hybridized carbons (Fsp3) is 0.500. The van der Waals surface area contributed by atoms with E-state index in [0.29, 0.717) is 0 Å². The summed E-state index contributed by atoms with van der Waals surface area (Å²) in [5.74, 6) is 0.